The van der Waals surface area contributed by atoms with Crippen LogP contribution in [0, 0.1) is 5.92 Å². The summed E-state index contributed by atoms with van der Waals surface area (Å²) in [5.74, 6) is -1.08. The standard InChI is InChI=1S/C18H23N3O4S.ClH/c1-3-8-14-17-15(21(18(14)23)26(2,24)25)9-12-20(17)16(22)13-19-10-6-4-5-7-11-19;/h4-7,9-11,14,17H,3,8,12-13H2,1-2H3;1H/t14-,17-;/m1./s1. The molecule has 148 valence electrons. The van der Waals surface area contributed by atoms with Crippen LogP contribution in [0.1, 0.15) is 19.8 Å². The van der Waals surface area contributed by atoms with Gasteiger partial charge in [-0.25, -0.2) is 12.7 Å². The number of fused-ring (bicyclic) bond motifs is 1. The summed E-state index contributed by atoms with van der Waals surface area (Å²) < 4.78 is 25.1. The molecule has 3 aliphatic rings. The van der Waals surface area contributed by atoms with Crippen molar-refractivity contribution in [1.82, 2.24) is 14.1 Å². The lowest BCUT2D eigenvalue weighted by molar-refractivity contribution is -0.133. The van der Waals surface area contributed by atoms with Crippen molar-refractivity contribution in [1.29, 1.82) is 0 Å². The van der Waals surface area contributed by atoms with E-state index in [0.29, 0.717) is 18.7 Å². The molecule has 9 heteroatoms. The van der Waals surface area contributed by atoms with E-state index in [1.807, 2.05) is 31.2 Å². The van der Waals surface area contributed by atoms with Crippen molar-refractivity contribution in [2.24, 2.45) is 5.92 Å². The fourth-order valence-electron chi connectivity index (χ4n) is 3.68. The third-order valence-corrected chi connectivity index (χ3v) is 5.78. The summed E-state index contributed by atoms with van der Waals surface area (Å²) in [7, 11) is -3.70. The van der Waals surface area contributed by atoms with E-state index >= 15 is 0 Å². The van der Waals surface area contributed by atoms with Crippen LogP contribution in [-0.2, 0) is 19.6 Å². The fraction of sp³-hybridized carbons (Fsp3) is 0.444. The van der Waals surface area contributed by atoms with Crippen LogP contribution in [0.5, 0.6) is 0 Å². The molecule has 0 spiro atoms. The maximum Gasteiger partial charge on any atom is 0.246 e. The predicted octanol–water partition coefficient (Wildman–Crippen LogP) is 1.62. The summed E-state index contributed by atoms with van der Waals surface area (Å²) in [6, 6.07) is -0.497. The van der Waals surface area contributed by atoms with Gasteiger partial charge in [-0.1, -0.05) is 25.5 Å². The first-order valence-corrected chi connectivity index (χ1v) is 10.5. The van der Waals surface area contributed by atoms with Crippen molar-refractivity contribution in [2.45, 2.75) is 25.8 Å². The molecule has 2 atom stereocenters. The quantitative estimate of drug-likeness (QED) is 0.684. The van der Waals surface area contributed by atoms with Crippen LogP contribution in [0.15, 0.2) is 48.5 Å². The lowest BCUT2D eigenvalue weighted by Gasteiger charge is -2.28. The summed E-state index contributed by atoms with van der Waals surface area (Å²) in [6.45, 7) is 2.40. The maximum atomic E-state index is 12.9. The highest BCUT2D eigenvalue weighted by Crippen LogP contribution is 2.40. The van der Waals surface area contributed by atoms with E-state index in [1.54, 1.807) is 28.3 Å². The lowest BCUT2D eigenvalue weighted by atomic mass is 9.96. The first-order chi connectivity index (χ1) is 12.3. The van der Waals surface area contributed by atoms with Gasteiger partial charge in [-0.15, -0.1) is 12.4 Å². The van der Waals surface area contributed by atoms with Gasteiger partial charge in [0.1, 0.15) is 6.54 Å². The summed E-state index contributed by atoms with van der Waals surface area (Å²) in [5.41, 5.74) is 0.424. The number of amides is 2. The zero-order valence-electron chi connectivity index (χ0n) is 15.3. The molecule has 0 aromatic heterocycles. The van der Waals surface area contributed by atoms with Crippen LogP contribution < -0.4 is 0 Å². The Morgan fingerprint density at radius 1 is 1.19 bits per heavy atom. The van der Waals surface area contributed by atoms with Crippen LogP contribution >= 0.6 is 12.4 Å². The van der Waals surface area contributed by atoms with Crippen LogP contribution in [0.4, 0.5) is 0 Å². The number of rotatable bonds is 5. The van der Waals surface area contributed by atoms with Crippen LogP contribution in [-0.4, -0.2) is 59.7 Å². The molecule has 0 N–H and O–H groups in total. The Morgan fingerprint density at radius 2 is 1.81 bits per heavy atom. The van der Waals surface area contributed by atoms with E-state index in [1.165, 1.54) is 0 Å². The van der Waals surface area contributed by atoms with Gasteiger partial charge >= 0.3 is 0 Å². The molecule has 0 unspecified atom stereocenters. The van der Waals surface area contributed by atoms with Gasteiger partial charge in [0, 0.05) is 18.9 Å². The maximum absolute atomic E-state index is 12.9. The molecule has 2 amide bonds. The second-order valence-corrected chi connectivity index (χ2v) is 8.45. The molecule has 27 heavy (non-hydrogen) atoms. The van der Waals surface area contributed by atoms with Gasteiger partial charge in [-0.2, -0.15) is 0 Å². The third-order valence-electron chi connectivity index (χ3n) is 4.73. The van der Waals surface area contributed by atoms with Gasteiger partial charge in [-0.05, 0) is 24.6 Å². The number of carbonyl (C=O) groups excluding carboxylic acids is 2. The van der Waals surface area contributed by atoms with E-state index in [-0.39, 0.29) is 24.9 Å². The zero-order chi connectivity index (χ0) is 18.9. The number of halogens is 1. The summed E-state index contributed by atoms with van der Waals surface area (Å²) in [5, 5.41) is 0. The van der Waals surface area contributed by atoms with Gasteiger partial charge in [-0.3, -0.25) is 9.59 Å². The topological polar surface area (TPSA) is 78.0 Å². The Morgan fingerprint density at radius 3 is 2.37 bits per heavy atom. The molecule has 3 rings (SSSR count). The van der Waals surface area contributed by atoms with E-state index < -0.39 is 27.9 Å². The van der Waals surface area contributed by atoms with Crippen molar-refractivity contribution in [3.63, 3.8) is 0 Å². The largest absolute Gasteiger partial charge is 0.345 e. The highest BCUT2D eigenvalue weighted by atomic mass is 35.5. The number of allylic oxidation sites excluding steroid dienone is 4. The van der Waals surface area contributed by atoms with Crippen molar-refractivity contribution in [3.05, 3.63) is 48.5 Å². The van der Waals surface area contributed by atoms with Crippen LogP contribution in [0.3, 0.4) is 0 Å². The molecule has 0 aromatic carbocycles. The molecule has 3 aliphatic heterocycles. The summed E-state index contributed by atoms with van der Waals surface area (Å²) in [4.78, 5) is 28.9. The monoisotopic (exact) mass is 413 g/mol. The SMILES string of the molecule is CCC[C@H]1C(=O)N(S(C)(=O)=O)C2=CCN(C(=O)CN3C=CC=CC=C3)[C@@H]21.Cl. The normalized spacial score (nSPS) is 24.0. The molecule has 0 radical (unpaired) electrons. The second kappa shape index (κ2) is 8.31. The highest BCUT2D eigenvalue weighted by molar-refractivity contribution is 7.89. The van der Waals surface area contributed by atoms with Gasteiger partial charge in [0.15, 0.2) is 0 Å². The molecule has 1 fully saturated rings. The minimum absolute atomic E-state index is 0. The molecule has 7 nitrogen and oxygen atoms in total. The number of sulfonamides is 1. The van der Waals surface area contributed by atoms with Crippen molar-refractivity contribution in [2.75, 3.05) is 19.3 Å². The Balaban J connectivity index is 0.00000261. The van der Waals surface area contributed by atoms with E-state index in [4.69, 9.17) is 0 Å². The number of nitrogens with zero attached hydrogens (tertiary/aromatic N) is 3. The highest BCUT2D eigenvalue weighted by Gasteiger charge is 2.53. The zero-order valence-corrected chi connectivity index (χ0v) is 16.9. The average Bonchev–Trinajstić information content (AvgIpc) is 2.96. The van der Waals surface area contributed by atoms with Crippen molar-refractivity contribution >= 4 is 34.2 Å². The Hall–Kier alpha value is -2.06. The predicted molar refractivity (Wildman–Crippen MR) is 105 cm³/mol. The second-order valence-electron chi connectivity index (χ2n) is 6.62. The lowest BCUT2D eigenvalue weighted by Crippen LogP contribution is -2.44. The molecule has 0 aliphatic carbocycles. The van der Waals surface area contributed by atoms with E-state index in [9.17, 15) is 18.0 Å². The minimum Gasteiger partial charge on any atom is -0.345 e. The molecule has 1 saturated heterocycles. The molecule has 3 heterocycles. The smallest absolute Gasteiger partial charge is 0.246 e. The number of carbonyl (C=O) groups is 2. The molecular formula is C18H24ClN3O4S. The van der Waals surface area contributed by atoms with E-state index in [0.717, 1.165) is 17.0 Å². The first kappa shape index (κ1) is 21.2. The molecular weight excluding hydrogens is 390 g/mol. The van der Waals surface area contributed by atoms with Crippen molar-refractivity contribution < 1.29 is 18.0 Å². The molecule has 0 bridgehead atoms. The van der Waals surface area contributed by atoms with Gasteiger partial charge < -0.3 is 9.80 Å². The van der Waals surface area contributed by atoms with Gasteiger partial charge in [0.05, 0.1) is 23.9 Å². The Kier molecular flexibility index (Phi) is 6.54. The third kappa shape index (κ3) is 4.11. The summed E-state index contributed by atoms with van der Waals surface area (Å²) >= 11 is 0. The number of hydrogen-bond donors (Lipinski definition) is 0. The Bertz CT molecular complexity index is 816. The fourth-order valence-corrected chi connectivity index (χ4v) is 4.71. The number of hydrogen-bond acceptors (Lipinski definition) is 5. The molecule has 0 aromatic rings. The van der Waals surface area contributed by atoms with E-state index in [2.05, 4.69) is 0 Å². The minimum atomic E-state index is -3.70. The summed E-state index contributed by atoms with van der Waals surface area (Å²) in [6.07, 6.45) is 15.0. The average molecular weight is 414 g/mol. The van der Waals surface area contributed by atoms with Gasteiger partial charge in [0.2, 0.25) is 21.8 Å². The van der Waals surface area contributed by atoms with Crippen LogP contribution in [0.2, 0.25) is 0 Å². The molecule has 0 saturated carbocycles. The van der Waals surface area contributed by atoms with Gasteiger partial charge in [0.25, 0.3) is 0 Å². The van der Waals surface area contributed by atoms with Crippen LogP contribution in [0.25, 0.3) is 0 Å². The Labute approximate surface area is 166 Å². The van der Waals surface area contributed by atoms with Crippen molar-refractivity contribution in [3.8, 4) is 0 Å². The first-order valence-electron chi connectivity index (χ1n) is 8.65.